The SMILES string of the molecule is CCCCCCCCCCCCCCCC(=O)OC[C@H](COP(=O)(O)O[C@@H]1[C@H]([O-])[C@H]([O-])[C@@H](OP(=O)(O)O)[C@H](OP(=O)(O)O)[C@H]1O)OC(=O)CCCCCCCCCCCCCCC.[NH4+].[NH4+]. The molecule has 1 aliphatic rings. The lowest BCUT2D eigenvalue weighted by Crippen LogP contribution is -2.72. The van der Waals surface area contributed by atoms with Gasteiger partial charge in [-0.2, -0.15) is 0 Å². The van der Waals surface area contributed by atoms with Gasteiger partial charge in [-0.1, -0.05) is 168 Å². The number of esters is 2. The standard InChI is InChI=1S/C41H79O19P3.2H3N/c1-3-5-7-9-11-13-15-17-19-21-23-25-27-29-34(42)55-31-33(57-35(43)30-28-26-24-22-20-18-16-14-12-10-8-6-4-2)32-56-63(53,54)60-39-36(44)37(45)40(58-61(47,48)49)41(38(39)46)59-62(50,51)52;;/h33,36-41,46H,3-32H2,1-2H3,(H,53,54)(H2,47,48,49)(H2,50,51,52);2*1H3/q-2;;/p+2/t33-,36-,37+,38+,39-,40-,41-;;/m1../s1. The highest BCUT2D eigenvalue weighted by Crippen LogP contribution is 2.50. The summed E-state index contributed by atoms with van der Waals surface area (Å²) in [7, 11) is -16.8. The molecule has 1 aliphatic carbocycles. The monoisotopic (exact) mass is 1000 g/mol. The van der Waals surface area contributed by atoms with E-state index in [2.05, 4.69) is 22.9 Å². The number of ether oxygens (including phenoxy) is 2. The third-order valence-electron chi connectivity index (χ3n) is 10.9. The van der Waals surface area contributed by atoms with Gasteiger partial charge in [0.25, 0.3) is 0 Å². The molecule has 0 aromatic heterocycles. The van der Waals surface area contributed by atoms with Gasteiger partial charge in [0, 0.05) is 12.8 Å². The van der Waals surface area contributed by atoms with Gasteiger partial charge in [0.2, 0.25) is 0 Å². The van der Waals surface area contributed by atoms with E-state index in [9.17, 15) is 63.1 Å². The molecule has 0 spiro atoms. The van der Waals surface area contributed by atoms with Crippen molar-refractivity contribution in [3.63, 3.8) is 0 Å². The van der Waals surface area contributed by atoms with E-state index in [-0.39, 0.29) is 25.1 Å². The Balaban J connectivity index is 0. The van der Waals surface area contributed by atoms with E-state index in [4.69, 9.17) is 18.5 Å². The Labute approximate surface area is 387 Å². The lowest BCUT2D eigenvalue weighted by atomic mass is 9.85. The molecule has 14 N–H and O–H groups in total. The van der Waals surface area contributed by atoms with Crippen molar-refractivity contribution < 1.29 is 90.6 Å². The summed E-state index contributed by atoms with van der Waals surface area (Å²) >= 11 is 0. The van der Waals surface area contributed by atoms with E-state index in [0.29, 0.717) is 12.8 Å². The van der Waals surface area contributed by atoms with Crippen LogP contribution in [0.5, 0.6) is 0 Å². The minimum Gasteiger partial charge on any atom is -0.851 e. The molecular formula is C41H87N2O19P3. The number of rotatable bonds is 40. The zero-order valence-corrected chi connectivity index (χ0v) is 42.3. The number of phosphoric acid groups is 3. The van der Waals surface area contributed by atoms with Crippen LogP contribution in [0.25, 0.3) is 0 Å². The van der Waals surface area contributed by atoms with E-state index in [1.165, 1.54) is 96.3 Å². The molecule has 0 saturated heterocycles. The molecule has 1 rings (SSSR count). The van der Waals surface area contributed by atoms with Gasteiger partial charge in [-0.25, -0.2) is 13.7 Å². The molecule has 1 fully saturated rings. The number of hydrogen-bond acceptors (Lipinski definition) is 14. The normalized spacial score (nSPS) is 21.4. The van der Waals surface area contributed by atoms with Crippen molar-refractivity contribution in [2.45, 2.75) is 236 Å². The van der Waals surface area contributed by atoms with Gasteiger partial charge in [0.1, 0.15) is 18.8 Å². The van der Waals surface area contributed by atoms with Crippen LogP contribution in [0.3, 0.4) is 0 Å². The number of unbranched alkanes of at least 4 members (excludes halogenated alkanes) is 24. The number of hydrogen-bond donors (Lipinski definition) is 8. The van der Waals surface area contributed by atoms with Crippen molar-refractivity contribution in [3.05, 3.63) is 0 Å². The summed E-state index contributed by atoms with van der Waals surface area (Å²) in [5, 5.41) is 36.3. The van der Waals surface area contributed by atoms with Crippen molar-refractivity contribution in [1.29, 1.82) is 0 Å². The number of aliphatic hydroxyl groups excluding tert-OH is 1. The predicted octanol–water partition coefficient (Wildman–Crippen LogP) is 7.45. The number of aliphatic hydroxyl groups is 1. The highest BCUT2D eigenvalue weighted by molar-refractivity contribution is 7.47. The maximum Gasteiger partial charge on any atom is 0.472 e. The summed E-state index contributed by atoms with van der Waals surface area (Å²) in [6.07, 6.45) is 11.2. The third kappa shape index (κ3) is 34.1. The lowest BCUT2D eigenvalue weighted by Gasteiger charge is -2.54. The Morgan fingerprint density at radius 3 is 1.22 bits per heavy atom. The molecule has 0 aromatic rings. The fourth-order valence-corrected chi connectivity index (χ4v) is 9.46. The van der Waals surface area contributed by atoms with Crippen LogP contribution in [0.1, 0.15) is 194 Å². The molecule has 21 nitrogen and oxygen atoms in total. The van der Waals surface area contributed by atoms with Gasteiger partial charge in [-0.15, -0.1) is 12.2 Å². The van der Waals surface area contributed by atoms with Crippen LogP contribution in [0.15, 0.2) is 0 Å². The zero-order valence-electron chi connectivity index (χ0n) is 39.6. The Kier molecular flexibility index (Phi) is 38.6. The van der Waals surface area contributed by atoms with Gasteiger partial charge < -0.3 is 61.6 Å². The molecule has 0 heterocycles. The van der Waals surface area contributed by atoms with Crippen LogP contribution in [-0.2, 0) is 50.9 Å². The van der Waals surface area contributed by atoms with E-state index in [1.54, 1.807) is 0 Å². The minimum atomic E-state index is -5.64. The van der Waals surface area contributed by atoms with E-state index >= 15 is 0 Å². The van der Waals surface area contributed by atoms with Crippen LogP contribution in [0.4, 0.5) is 0 Å². The van der Waals surface area contributed by atoms with Gasteiger partial charge in [-0.3, -0.25) is 27.7 Å². The first kappa shape index (κ1) is 66.2. The number of carbonyl (C=O) groups is 2. The molecule has 0 radical (unpaired) electrons. The summed E-state index contributed by atoms with van der Waals surface area (Å²) in [5.41, 5.74) is 0. The van der Waals surface area contributed by atoms with Crippen LogP contribution in [-0.4, -0.2) is 97.5 Å². The van der Waals surface area contributed by atoms with Gasteiger partial charge in [-0.05, 0) is 12.8 Å². The summed E-state index contributed by atoms with van der Waals surface area (Å²) in [6.45, 7) is 2.88. The topological polar surface area (TPSA) is 381 Å². The summed E-state index contributed by atoms with van der Waals surface area (Å²) in [6, 6.07) is 0. The second kappa shape index (κ2) is 37.9. The first-order valence-electron chi connectivity index (χ1n) is 23.3. The maximum atomic E-state index is 13.0. The fraction of sp³-hybridized carbons (Fsp3) is 0.951. The average molecular weight is 1010 g/mol. The van der Waals surface area contributed by atoms with Crippen molar-refractivity contribution >= 4 is 35.4 Å². The molecule has 0 aromatic carbocycles. The quantitative estimate of drug-likeness (QED) is 0.0168. The summed E-state index contributed by atoms with van der Waals surface area (Å²) in [4.78, 5) is 72.8. The minimum absolute atomic E-state index is 0. The Hall–Kier alpha value is -0.930. The van der Waals surface area contributed by atoms with Crippen molar-refractivity contribution in [2.24, 2.45) is 0 Å². The maximum absolute atomic E-state index is 13.0. The Bertz CT molecular complexity index is 1360. The Morgan fingerprint density at radius 1 is 0.492 bits per heavy atom. The van der Waals surface area contributed by atoms with E-state index in [0.717, 1.165) is 57.8 Å². The molecule has 0 aliphatic heterocycles. The fourth-order valence-electron chi connectivity index (χ4n) is 7.37. The first-order chi connectivity index (χ1) is 29.8. The molecule has 8 atom stereocenters. The third-order valence-corrected chi connectivity index (χ3v) is 12.9. The molecule has 390 valence electrons. The highest BCUT2D eigenvalue weighted by atomic mass is 31.2. The molecule has 1 saturated carbocycles. The molecule has 0 amide bonds. The van der Waals surface area contributed by atoms with Crippen LogP contribution in [0, 0.1) is 0 Å². The second-order valence-corrected chi connectivity index (χ2v) is 20.4. The largest absolute Gasteiger partial charge is 0.851 e. The lowest BCUT2D eigenvalue weighted by molar-refractivity contribution is -0.560. The van der Waals surface area contributed by atoms with Crippen LogP contribution in [0.2, 0.25) is 0 Å². The van der Waals surface area contributed by atoms with E-state index < -0.39 is 91.3 Å². The second-order valence-electron chi connectivity index (χ2n) is 16.7. The summed E-state index contributed by atoms with van der Waals surface area (Å²) in [5.74, 6) is -1.32. The highest BCUT2D eigenvalue weighted by Gasteiger charge is 2.50. The van der Waals surface area contributed by atoms with Crippen molar-refractivity contribution in [2.75, 3.05) is 13.2 Å². The van der Waals surface area contributed by atoms with Crippen LogP contribution < -0.4 is 22.5 Å². The van der Waals surface area contributed by atoms with Crippen molar-refractivity contribution in [3.8, 4) is 0 Å². The number of carbonyl (C=O) groups excluding carboxylic acids is 2. The smallest absolute Gasteiger partial charge is 0.472 e. The first-order valence-corrected chi connectivity index (χ1v) is 27.8. The molecule has 1 unspecified atom stereocenters. The zero-order chi connectivity index (χ0) is 47.2. The predicted molar refractivity (Wildman–Crippen MR) is 241 cm³/mol. The number of quaternary nitrogens is 2. The van der Waals surface area contributed by atoms with E-state index in [1.807, 2.05) is 0 Å². The van der Waals surface area contributed by atoms with Gasteiger partial charge >= 0.3 is 35.4 Å². The number of phosphoric ester groups is 3. The molecule has 65 heavy (non-hydrogen) atoms. The summed E-state index contributed by atoms with van der Waals surface area (Å²) < 4.78 is 64.9. The van der Waals surface area contributed by atoms with Crippen molar-refractivity contribution in [1.82, 2.24) is 12.3 Å². The molecule has 24 heteroatoms. The van der Waals surface area contributed by atoms with Crippen LogP contribution >= 0.6 is 23.5 Å². The molecular weight excluding hydrogens is 917 g/mol. The molecule has 0 bridgehead atoms. The Morgan fingerprint density at radius 2 is 0.831 bits per heavy atom. The van der Waals surface area contributed by atoms with Gasteiger partial charge in [0.05, 0.1) is 18.8 Å². The average Bonchev–Trinajstić information content (AvgIpc) is 3.20. The van der Waals surface area contributed by atoms with Gasteiger partial charge in [0.15, 0.2) is 6.10 Å².